The molecule has 2 aliphatic heterocycles. The van der Waals surface area contributed by atoms with Crippen molar-refractivity contribution in [3.8, 4) is 0 Å². The van der Waals surface area contributed by atoms with Crippen LogP contribution in [0.5, 0.6) is 0 Å². The molecule has 1 atom stereocenters. The molecule has 1 unspecified atom stereocenters. The topological polar surface area (TPSA) is 63.4 Å². The molecule has 110 valence electrons. The van der Waals surface area contributed by atoms with Crippen molar-refractivity contribution in [3.63, 3.8) is 0 Å². The van der Waals surface area contributed by atoms with Gasteiger partial charge in [-0.3, -0.25) is 4.90 Å². The van der Waals surface area contributed by atoms with Crippen LogP contribution in [0.15, 0.2) is 29.2 Å². The van der Waals surface area contributed by atoms with Crippen molar-refractivity contribution >= 4 is 9.84 Å². The molecule has 4 nitrogen and oxygen atoms in total. The second-order valence-corrected chi connectivity index (χ2v) is 7.95. The van der Waals surface area contributed by atoms with Crippen molar-refractivity contribution in [2.75, 3.05) is 25.4 Å². The fraction of sp³-hybridized carbons (Fsp3) is 0.600. The highest BCUT2D eigenvalue weighted by molar-refractivity contribution is 7.91. The van der Waals surface area contributed by atoms with Crippen molar-refractivity contribution in [2.24, 2.45) is 11.7 Å². The van der Waals surface area contributed by atoms with Gasteiger partial charge in [0.1, 0.15) is 0 Å². The summed E-state index contributed by atoms with van der Waals surface area (Å²) >= 11 is 0. The zero-order valence-electron chi connectivity index (χ0n) is 11.7. The summed E-state index contributed by atoms with van der Waals surface area (Å²) in [7, 11) is -3.08. The largest absolute Gasteiger partial charge is 0.330 e. The van der Waals surface area contributed by atoms with E-state index in [0.717, 1.165) is 38.0 Å². The van der Waals surface area contributed by atoms with Gasteiger partial charge < -0.3 is 5.73 Å². The second kappa shape index (κ2) is 5.47. The quantitative estimate of drug-likeness (QED) is 0.899. The number of benzene rings is 1. The van der Waals surface area contributed by atoms with Crippen LogP contribution in [-0.2, 0) is 9.84 Å². The van der Waals surface area contributed by atoms with E-state index < -0.39 is 9.84 Å². The predicted octanol–water partition coefficient (Wildman–Crippen LogP) is 1.58. The van der Waals surface area contributed by atoms with Crippen molar-refractivity contribution in [2.45, 2.75) is 30.2 Å². The van der Waals surface area contributed by atoms with E-state index in [-0.39, 0.29) is 11.8 Å². The van der Waals surface area contributed by atoms with E-state index in [1.807, 2.05) is 18.2 Å². The van der Waals surface area contributed by atoms with Crippen LogP contribution in [0, 0.1) is 5.92 Å². The van der Waals surface area contributed by atoms with Gasteiger partial charge in [-0.15, -0.1) is 0 Å². The molecule has 2 N–H and O–H groups in total. The average Bonchev–Trinajstić information content (AvgIpc) is 2.48. The summed E-state index contributed by atoms with van der Waals surface area (Å²) in [5.41, 5.74) is 6.73. The molecule has 1 fully saturated rings. The minimum Gasteiger partial charge on any atom is -0.330 e. The van der Waals surface area contributed by atoms with Gasteiger partial charge in [-0.05, 0) is 56.4 Å². The summed E-state index contributed by atoms with van der Waals surface area (Å²) in [6.45, 7) is 2.82. The zero-order chi connectivity index (χ0) is 14.2. The number of nitrogens with zero attached hydrogens (tertiary/aromatic N) is 1. The third-order valence-corrected chi connectivity index (χ3v) is 6.51. The highest BCUT2D eigenvalue weighted by atomic mass is 32.2. The number of rotatable bonds is 2. The molecular weight excluding hydrogens is 272 g/mol. The fourth-order valence-electron chi connectivity index (χ4n) is 3.45. The minimum atomic E-state index is -3.08. The van der Waals surface area contributed by atoms with E-state index in [1.165, 1.54) is 0 Å². The van der Waals surface area contributed by atoms with E-state index in [0.29, 0.717) is 17.2 Å². The summed E-state index contributed by atoms with van der Waals surface area (Å²) in [5, 5.41) is 0. The molecule has 0 aliphatic carbocycles. The first-order valence-corrected chi connectivity index (χ1v) is 9.03. The van der Waals surface area contributed by atoms with E-state index >= 15 is 0 Å². The Hall–Kier alpha value is -0.910. The highest BCUT2D eigenvalue weighted by Crippen LogP contribution is 2.37. The van der Waals surface area contributed by atoms with Crippen LogP contribution >= 0.6 is 0 Å². The van der Waals surface area contributed by atoms with Crippen LogP contribution in [-0.4, -0.2) is 38.7 Å². The van der Waals surface area contributed by atoms with Gasteiger partial charge in [-0.25, -0.2) is 8.42 Å². The summed E-state index contributed by atoms with van der Waals surface area (Å²) < 4.78 is 24.3. The van der Waals surface area contributed by atoms with E-state index in [1.54, 1.807) is 6.07 Å². The van der Waals surface area contributed by atoms with Crippen LogP contribution in [0.25, 0.3) is 0 Å². The SMILES string of the molecule is NCC1CCN(C2CCS(=O)(=O)c3ccccc32)CC1. The van der Waals surface area contributed by atoms with Gasteiger partial charge in [0, 0.05) is 6.04 Å². The third-order valence-electron chi connectivity index (χ3n) is 4.70. The number of hydrogen-bond donors (Lipinski definition) is 1. The Morgan fingerprint density at radius 2 is 1.85 bits per heavy atom. The van der Waals surface area contributed by atoms with Crippen LogP contribution in [0.4, 0.5) is 0 Å². The third kappa shape index (κ3) is 2.50. The lowest BCUT2D eigenvalue weighted by molar-refractivity contribution is 0.128. The normalized spacial score (nSPS) is 27.1. The molecule has 20 heavy (non-hydrogen) atoms. The molecule has 1 saturated heterocycles. The average molecular weight is 294 g/mol. The molecule has 0 bridgehead atoms. The summed E-state index contributed by atoms with van der Waals surface area (Å²) in [4.78, 5) is 2.98. The molecule has 0 amide bonds. The number of sulfone groups is 1. The molecule has 0 spiro atoms. The number of likely N-dealkylation sites (tertiary alicyclic amines) is 1. The van der Waals surface area contributed by atoms with Crippen LogP contribution < -0.4 is 5.73 Å². The molecular formula is C15H22N2O2S. The Labute approximate surface area is 120 Å². The van der Waals surface area contributed by atoms with E-state index in [9.17, 15) is 8.42 Å². The Balaban J connectivity index is 1.86. The predicted molar refractivity (Wildman–Crippen MR) is 79.2 cm³/mol. The van der Waals surface area contributed by atoms with E-state index in [4.69, 9.17) is 5.73 Å². The second-order valence-electron chi connectivity index (χ2n) is 5.88. The van der Waals surface area contributed by atoms with Gasteiger partial charge in [0.05, 0.1) is 10.6 Å². The van der Waals surface area contributed by atoms with Crippen molar-refractivity contribution in [3.05, 3.63) is 29.8 Å². The summed E-state index contributed by atoms with van der Waals surface area (Å²) in [5.74, 6) is 0.903. The first-order valence-electron chi connectivity index (χ1n) is 7.37. The number of nitrogens with two attached hydrogens (primary N) is 1. The van der Waals surface area contributed by atoms with Gasteiger partial charge in [-0.2, -0.15) is 0 Å². The van der Waals surface area contributed by atoms with E-state index in [2.05, 4.69) is 4.90 Å². The molecule has 2 aliphatic rings. The lowest BCUT2D eigenvalue weighted by Crippen LogP contribution is -2.40. The molecule has 2 heterocycles. The smallest absolute Gasteiger partial charge is 0.178 e. The Morgan fingerprint density at radius 3 is 2.55 bits per heavy atom. The maximum absolute atomic E-state index is 12.2. The van der Waals surface area contributed by atoms with Crippen LogP contribution in [0.3, 0.4) is 0 Å². The fourth-order valence-corrected chi connectivity index (χ4v) is 5.05. The molecule has 0 aromatic heterocycles. The van der Waals surface area contributed by atoms with Gasteiger partial charge in [0.25, 0.3) is 0 Å². The zero-order valence-corrected chi connectivity index (χ0v) is 12.5. The Bertz CT molecular complexity index is 577. The Morgan fingerprint density at radius 1 is 1.15 bits per heavy atom. The monoisotopic (exact) mass is 294 g/mol. The van der Waals surface area contributed by atoms with Gasteiger partial charge in [0.2, 0.25) is 0 Å². The number of fused-ring (bicyclic) bond motifs is 1. The first-order chi connectivity index (χ1) is 9.62. The summed E-state index contributed by atoms with van der Waals surface area (Å²) in [6, 6.07) is 7.75. The minimum absolute atomic E-state index is 0.258. The van der Waals surface area contributed by atoms with Gasteiger partial charge in [-0.1, -0.05) is 18.2 Å². The first kappa shape index (κ1) is 14.0. The summed E-state index contributed by atoms with van der Waals surface area (Å²) in [6.07, 6.45) is 2.97. The number of hydrogen-bond acceptors (Lipinski definition) is 4. The van der Waals surface area contributed by atoms with Gasteiger partial charge in [0.15, 0.2) is 9.84 Å². The molecule has 1 aromatic carbocycles. The van der Waals surface area contributed by atoms with Crippen molar-refractivity contribution in [1.82, 2.24) is 4.90 Å². The molecule has 0 radical (unpaired) electrons. The molecule has 3 rings (SSSR count). The molecule has 0 saturated carbocycles. The van der Waals surface area contributed by atoms with Crippen molar-refractivity contribution < 1.29 is 8.42 Å². The van der Waals surface area contributed by atoms with Crippen LogP contribution in [0.1, 0.15) is 30.9 Å². The maximum Gasteiger partial charge on any atom is 0.178 e. The molecule has 5 heteroatoms. The standard InChI is InChI=1S/C15H22N2O2S/c16-11-12-5-8-17(9-6-12)14-7-10-20(18,19)15-4-2-1-3-13(14)15/h1-4,12,14H,5-11,16H2. The van der Waals surface area contributed by atoms with Crippen LogP contribution in [0.2, 0.25) is 0 Å². The lowest BCUT2D eigenvalue weighted by Gasteiger charge is -2.39. The van der Waals surface area contributed by atoms with Crippen molar-refractivity contribution in [1.29, 1.82) is 0 Å². The number of piperidine rings is 1. The lowest BCUT2D eigenvalue weighted by atomic mass is 9.93. The Kier molecular flexibility index (Phi) is 3.84. The highest BCUT2D eigenvalue weighted by Gasteiger charge is 2.34. The molecule has 1 aromatic rings. The van der Waals surface area contributed by atoms with Gasteiger partial charge >= 0.3 is 0 Å². The maximum atomic E-state index is 12.2.